The van der Waals surface area contributed by atoms with Crippen molar-refractivity contribution in [1.29, 1.82) is 0 Å². The van der Waals surface area contributed by atoms with Crippen molar-refractivity contribution in [1.82, 2.24) is 15.0 Å². The van der Waals surface area contributed by atoms with E-state index >= 15 is 0 Å². The highest BCUT2D eigenvalue weighted by atomic mass is 15.0. The molecule has 10 rings (SSSR count). The van der Waals surface area contributed by atoms with Gasteiger partial charge in [-0.2, -0.15) is 0 Å². The number of hydrogen-bond donors (Lipinski definition) is 0. The van der Waals surface area contributed by atoms with Gasteiger partial charge in [0.1, 0.15) is 0 Å². The van der Waals surface area contributed by atoms with Gasteiger partial charge < -0.3 is 0 Å². The third-order valence-corrected chi connectivity index (χ3v) is 11.1. The fourth-order valence-electron chi connectivity index (χ4n) is 9.28. The molecule has 0 saturated heterocycles. The average Bonchev–Trinajstić information content (AvgIpc) is 3.15. The summed E-state index contributed by atoms with van der Waals surface area (Å²) >= 11 is 0. The van der Waals surface area contributed by atoms with Crippen LogP contribution in [0.25, 0.3) is 61.3 Å². The zero-order chi connectivity index (χ0) is 32.1. The molecule has 4 saturated carbocycles. The minimum absolute atomic E-state index is 0.313. The minimum Gasteiger partial charge on any atom is -0.238 e. The molecule has 4 heteroatoms. The maximum Gasteiger partial charge on any atom is 0.187 e. The fraction of sp³-hybridized carbons (Fsp3) is 0.227. The van der Waals surface area contributed by atoms with Crippen LogP contribution in [0.1, 0.15) is 44.1 Å². The Morgan fingerprint density at radius 1 is 0.479 bits per heavy atom. The highest BCUT2D eigenvalue weighted by Crippen LogP contribution is 2.61. The zero-order valence-electron chi connectivity index (χ0n) is 26.9. The fourth-order valence-corrected chi connectivity index (χ4v) is 9.28. The van der Waals surface area contributed by atoms with Crippen LogP contribution in [0.5, 0.6) is 0 Å². The largest absolute Gasteiger partial charge is 0.238 e. The summed E-state index contributed by atoms with van der Waals surface area (Å²) in [5.41, 5.74) is 10.1. The van der Waals surface area contributed by atoms with Gasteiger partial charge >= 0.3 is 0 Å². The summed E-state index contributed by atoms with van der Waals surface area (Å²) in [6.07, 6.45) is 8.33. The lowest BCUT2D eigenvalue weighted by atomic mass is 9.48. The Labute approximate surface area is 282 Å². The second kappa shape index (κ2) is 11.7. The Bertz CT molecular complexity index is 2050. The van der Waals surface area contributed by atoms with E-state index in [1.807, 2.05) is 72.8 Å². The summed E-state index contributed by atoms with van der Waals surface area (Å²) in [6.45, 7) is 7.49. The maximum absolute atomic E-state index is 7.49. The lowest BCUT2D eigenvalue weighted by Crippen LogP contribution is -2.48. The molecule has 0 N–H and O–H groups in total. The first-order valence-electron chi connectivity index (χ1n) is 17.2. The molecule has 0 amide bonds. The molecule has 4 fully saturated rings. The molecule has 0 radical (unpaired) electrons. The number of rotatable bonds is 6. The number of benzene rings is 5. The summed E-state index contributed by atoms with van der Waals surface area (Å²) in [6, 6.07) is 44.3. The van der Waals surface area contributed by atoms with Crippen LogP contribution in [-0.2, 0) is 5.41 Å². The van der Waals surface area contributed by atoms with Gasteiger partial charge in [0.25, 0.3) is 0 Å². The van der Waals surface area contributed by atoms with Crippen molar-refractivity contribution < 1.29 is 0 Å². The summed E-state index contributed by atoms with van der Waals surface area (Å²) in [4.78, 5) is 18.4. The average molecular weight is 621 g/mol. The smallest absolute Gasteiger partial charge is 0.187 e. The monoisotopic (exact) mass is 620 g/mol. The van der Waals surface area contributed by atoms with Crippen LogP contribution in [0.4, 0.5) is 5.69 Å². The molecule has 4 bridgehead atoms. The predicted molar refractivity (Wildman–Crippen MR) is 193 cm³/mol. The molecule has 232 valence electrons. The molecular formula is C44H36N4. The van der Waals surface area contributed by atoms with Crippen molar-refractivity contribution in [2.75, 3.05) is 0 Å². The molecule has 0 aliphatic heterocycles. The third kappa shape index (κ3) is 5.20. The molecule has 0 atom stereocenters. The highest BCUT2D eigenvalue weighted by Gasteiger charge is 2.51. The van der Waals surface area contributed by atoms with E-state index in [1.165, 1.54) is 55.2 Å². The van der Waals surface area contributed by atoms with Gasteiger partial charge in [0.15, 0.2) is 23.2 Å². The first kappa shape index (κ1) is 28.8. The van der Waals surface area contributed by atoms with Crippen LogP contribution in [-0.4, -0.2) is 15.0 Å². The molecule has 0 spiro atoms. The Hall–Kier alpha value is -5.40. The van der Waals surface area contributed by atoms with Crippen molar-refractivity contribution in [2.24, 2.45) is 17.8 Å². The molecule has 5 aromatic carbocycles. The molecule has 6 aromatic rings. The van der Waals surface area contributed by atoms with E-state index in [1.54, 1.807) is 0 Å². The third-order valence-electron chi connectivity index (χ3n) is 11.1. The second-order valence-electron chi connectivity index (χ2n) is 14.2. The highest BCUT2D eigenvalue weighted by molar-refractivity contribution is 5.85. The second-order valence-corrected chi connectivity index (χ2v) is 14.2. The molecule has 0 unspecified atom stereocenters. The van der Waals surface area contributed by atoms with Crippen LogP contribution >= 0.6 is 0 Å². The molecule has 4 aliphatic rings. The topological polar surface area (TPSA) is 43.0 Å². The Kier molecular flexibility index (Phi) is 7.01. The van der Waals surface area contributed by atoms with Gasteiger partial charge in [-0.3, -0.25) is 0 Å². The first-order chi connectivity index (χ1) is 23.6. The molecular weight excluding hydrogens is 585 g/mol. The van der Waals surface area contributed by atoms with Gasteiger partial charge in [-0.15, -0.1) is 0 Å². The molecule has 48 heavy (non-hydrogen) atoms. The number of hydrogen-bond acceptors (Lipinski definition) is 3. The van der Waals surface area contributed by atoms with E-state index in [9.17, 15) is 0 Å². The van der Waals surface area contributed by atoms with Gasteiger partial charge in [-0.25, -0.2) is 19.8 Å². The maximum atomic E-state index is 7.49. The van der Waals surface area contributed by atoms with Crippen LogP contribution in [0.3, 0.4) is 0 Å². The van der Waals surface area contributed by atoms with Gasteiger partial charge in [0.05, 0.1) is 6.57 Å². The van der Waals surface area contributed by atoms with E-state index in [-0.39, 0.29) is 0 Å². The first-order valence-corrected chi connectivity index (χ1v) is 17.2. The lowest BCUT2D eigenvalue weighted by molar-refractivity contribution is -0.00516. The molecule has 4 nitrogen and oxygen atoms in total. The Morgan fingerprint density at radius 3 is 1.42 bits per heavy atom. The van der Waals surface area contributed by atoms with Crippen LogP contribution in [0, 0.1) is 24.3 Å². The zero-order valence-corrected chi connectivity index (χ0v) is 26.9. The number of aromatic nitrogens is 3. The van der Waals surface area contributed by atoms with Crippen molar-refractivity contribution in [3.8, 4) is 56.4 Å². The number of nitrogens with zero attached hydrogens (tertiary/aromatic N) is 4. The Morgan fingerprint density at radius 2 is 0.917 bits per heavy atom. The summed E-state index contributed by atoms with van der Waals surface area (Å²) < 4.78 is 0. The van der Waals surface area contributed by atoms with Crippen LogP contribution < -0.4 is 0 Å². The molecule has 4 aliphatic carbocycles. The van der Waals surface area contributed by atoms with Gasteiger partial charge in [-0.1, -0.05) is 121 Å². The normalized spacial score (nSPS) is 22.4. The van der Waals surface area contributed by atoms with Gasteiger partial charge in [0.2, 0.25) is 0 Å². The molecule has 1 heterocycles. The summed E-state index contributed by atoms with van der Waals surface area (Å²) in [5.74, 6) is 4.66. The van der Waals surface area contributed by atoms with E-state index in [4.69, 9.17) is 21.5 Å². The Balaban J connectivity index is 1.12. The van der Waals surface area contributed by atoms with Crippen LogP contribution in [0.15, 0.2) is 127 Å². The predicted octanol–water partition coefficient (Wildman–Crippen LogP) is 11.2. The van der Waals surface area contributed by atoms with E-state index in [0.29, 0.717) is 28.6 Å². The summed E-state index contributed by atoms with van der Waals surface area (Å²) in [7, 11) is 0. The van der Waals surface area contributed by atoms with Crippen molar-refractivity contribution in [2.45, 2.75) is 43.9 Å². The SMILES string of the molecule is [C-]#[N+]c1ccc(-c2cc(C34CC5CC(CC(C5)C3)C4)ccc2-c2ccc(-c3nc(-c4ccccc4)nc(-c4ccccc4)n3)cc2)cc1. The quantitative estimate of drug-likeness (QED) is 0.174. The van der Waals surface area contributed by atoms with Crippen molar-refractivity contribution >= 4 is 5.69 Å². The van der Waals surface area contributed by atoms with Gasteiger partial charge in [0, 0.05) is 16.7 Å². The van der Waals surface area contributed by atoms with E-state index in [0.717, 1.165) is 45.6 Å². The molecule has 1 aromatic heterocycles. The van der Waals surface area contributed by atoms with Gasteiger partial charge in [-0.05, 0) is 95.6 Å². The van der Waals surface area contributed by atoms with Crippen LogP contribution in [0.2, 0.25) is 0 Å². The van der Waals surface area contributed by atoms with E-state index in [2.05, 4.69) is 59.4 Å². The lowest BCUT2D eigenvalue weighted by Gasteiger charge is -2.57. The minimum atomic E-state index is 0.313. The van der Waals surface area contributed by atoms with Crippen molar-refractivity contribution in [3.05, 3.63) is 144 Å². The summed E-state index contributed by atoms with van der Waals surface area (Å²) in [5, 5.41) is 0. The standard InChI is InChI=1S/C44H36N4/c1-45-38-19-16-33(17-20-38)40-25-37(44-26-29-22-30(27-44)24-31(23-29)28-44)18-21-39(40)32-12-14-36(15-13-32)43-47-41(34-8-4-2-5-9-34)46-42(48-43)35-10-6-3-7-11-35/h2-21,25,29-31H,22-24,26-28H2. The van der Waals surface area contributed by atoms with Crippen molar-refractivity contribution in [3.63, 3.8) is 0 Å². The van der Waals surface area contributed by atoms with E-state index < -0.39 is 0 Å².